The Kier molecular flexibility index (Phi) is 5.43. The van der Waals surface area contributed by atoms with Crippen LogP contribution in [0, 0.1) is 0 Å². The Labute approximate surface area is 114 Å². The molecule has 0 saturated carbocycles. The van der Waals surface area contributed by atoms with Gasteiger partial charge in [0.15, 0.2) is 0 Å². The highest BCUT2D eigenvalue weighted by atomic mass is 79.9. The van der Waals surface area contributed by atoms with Crippen molar-refractivity contribution in [2.24, 2.45) is 0 Å². The van der Waals surface area contributed by atoms with Gasteiger partial charge in [-0.05, 0) is 47.0 Å². The standard InChI is InChI=1S/C12H15BrClNO2/c1-3-7(2)15-11(12(16)17)8-4-5-10(14)9(13)6-8/h4-7,11,15H,3H2,1-2H3,(H,16,17). The van der Waals surface area contributed by atoms with Gasteiger partial charge in [-0.1, -0.05) is 24.6 Å². The Hall–Kier alpha value is -0.580. The number of hydrogen-bond donors (Lipinski definition) is 2. The Morgan fingerprint density at radius 1 is 1.59 bits per heavy atom. The maximum Gasteiger partial charge on any atom is 0.325 e. The van der Waals surface area contributed by atoms with E-state index < -0.39 is 12.0 Å². The predicted molar refractivity (Wildman–Crippen MR) is 72.4 cm³/mol. The van der Waals surface area contributed by atoms with Crippen molar-refractivity contribution in [3.63, 3.8) is 0 Å². The van der Waals surface area contributed by atoms with Crippen LogP contribution in [0.15, 0.2) is 22.7 Å². The number of halogens is 2. The first-order valence-electron chi connectivity index (χ1n) is 5.39. The highest BCUT2D eigenvalue weighted by Gasteiger charge is 2.21. The van der Waals surface area contributed by atoms with Crippen molar-refractivity contribution in [3.8, 4) is 0 Å². The number of carbonyl (C=O) groups is 1. The molecule has 0 aromatic heterocycles. The molecule has 3 nitrogen and oxygen atoms in total. The van der Waals surface area contributed by atoms with E-state index in [1.54, 1.807) is 18.2 Å². The Balaban J connectivity index is 2.97. The smallest absolute Gasteiger partial charge is 0.325 e. The molecule has 0 spiro atoms. The minimum Gasteiger partial charge on any atom is -0.480 e. The van der Waals surface area contributed by atoms with Gasteiger partial charge in [0, 0.05) is 10.5 Å². The van der Waals surface area contributed by atoms with Crippen LogP contribution in [-0.2, 0) is 4.79 Å². The fraction of sp³-hybridized carbons (Fsp3) is 0.417. The number of carboxylic acids is 1. The summed E-state index contributed by atoms with van der Waals surface area (Å²) in [6.45, 7) is 3.97. The molecule has 2 unspecified atom stereocenters. The molecule has 0 bridgehead atoms. The molecule has 0 heterocycles. The van der Waals surface area contributed by atoms with Crippen molar-refractivity contribution in [1.82, 2.24) is 5.32 Å². The lowest BCUT2D eigenvalue weighted by Crippen LogP contribution is -2.34. The molecule has 0 saturated heterocycles. The molecule has 2 atom stereocenters. The second-order valence-corrected chi connectivity index (χ2v) is 5.18. The Morgan fingerprint density at radius 2 is 2.24 bits per heavy atom. The fourth-order valence-electron chi connectivity index (χ4n) is 1.40. The van der Waals surface area contributed by atoms with Gasteiger partial charge in [0.25, 0.3) is 0 Å². The monoisotopic (exact) mass is 319 g/mol. The molecular weight excluding hydrogens is 305 g/mol. The summed E-state index contributed by atoms with van der Waals surface area (Å²) in [6.07, 6.45) is 0.874. The maximum absolute atomic E-state index is 11.2. The van der Waals surface area contributed by atoms with Crippen LogP contribution >= 0.6 is 27.5 Å². The van der Waals surface area contributed by atoms with E-state index in [4.69, 9.17) is 11.6 Å². The summed E-state index contributed by atoms with van der Waals surface area (Å²) in [5.41, 5.74) is 0.689. The van der Waals surface area contributed by atoms with Gasteiger partial charge in [0.1, 0.15) is 6.04 Å². The summed E-state index contributed by atoms with van der Waals surface area (Å²) in [5, 5.41) is 12.9. The molecule has 0 aliphatic heterocycles. The van der Waals surface area contributed by atoms with E-state index in [1.807, 2.05) is 13.8 Å². The van der Waals surface area contributed by atoms with Gasteiger partial charge in [-0.25, -0.2) is 0 Å². The number of hydrogen-bond acceptors (Lipinski definition) is 2. The molecule has 1 rings (SSSR count). The summed E-state index contributed by atoms with van der Waals surface area (Å²) in [5.74, 6) is -0.889. The number of carboxylic acid groups (broad SMARTS) is 1. The highest BCUT2D eigenvalue weighted by Crippen LogP contribution is 2.26. The first kappa shape index (κ1) is 14.5. The molecule has 5 heteroatoms. The summed E-state index contributed by atoms with van der Waals surface area (Å²) < 4.78 is 0.703. The zero-order valence-electron chi connectivity index (χ0n) is 9.71. The third kappa shape index (κ3) is 3.98. The maximum atomic E-state index is 11.2. The average Bonchev–Trinajstić information content (AvgIpc) is 2.29. The summed E-state index contributed by atoms with van der Waals surface area (Å²) in [7, 11) is 0. The molecule has 0 fully saturated rings. The third-order valence-corrected chi connectivity index (χ3v) is 3.80. The van der Waals surface area contributed by atoms with Gasteiger partial charge in [0.2, 0.25) is 0 Å². The van der Waals surface area contributed by atoms with Crippen LogP contribution < -0.4 is 5.32 Å². The van der Waals surface area contributed by atoms with Crippen LogP contribution in [0.1, 0.15) is 31.9 Å². The quantitative estimate of drug-likeness (QED) is 0.871. The van der Waals surface area contributed by atoms with E-state index in [0.29, 0.717) is 15.1 Å². The SMILES string of the molecule is CCC(C)NC(C(=O)O)c1ccc(Cl)c(Br)c1. The second-order valence-electron chi connectivity index (χ2n) is 3.92. The van der Waals surface area contributed by atoms with Crippen LogP contribution in [-0.4, -0.2) is 17.1 Å². The van der Waals surface area contributed by atoms with Gasteiger partial charge < -0.3 is 5.11 Å². The lowest BCUT2D eigenvalue weighted by Gasteiger charge is -2.19. The lowest BCUT2D eigenvalue weighted by atomic mass is 10.1. The van der Waals surface area contributed by atoms with Crippen LogP contribution in [0.5, 0.6) is 0 Å². The predicted octanol–water partition coefficient (Wildman–Crippen LogP) is 3.62. The molecular formula is C12H15BrClNO2. The minimum atomic E-state index is -0.889. The van der Waals surface area contributed by atoms with E-state index in [1.165, 1.54) is 0 Å². The summed E-state index contributed by atoms with van der Waals surface area (Å²) in [6, 6.07) is 4.58. The first-order chi connectivity index (χ1) is 7.95. The number of aliphatic carboxylic acids is 1. The molecule has 0 radical (unpaired) electrons. The summed E-state index contributed by atoms with van der Waals surface area (Å²) >= 11 is 9.18. The zero-order valence-corrected chi connectivity index (χ0v) is 12.0. The van der Waals surface area contributed by atoms with Gasteiger partial charge >= 0.3 is 5.97 Å². The molecule has 1 aromatic carbocycles. The van der Waals surface area contributed by atoms with E-state index in [-0.39, 0.29) is 6.04 Å². The van der Waals surface area contributed by atoms with E-state index >= 15 is 0 Å². The fourth-order valence-corrected chi connectivity index (χ4v) is 1.92. The van der Waals surface area contributed by atoms with Crippen LogP contribution in [0.2, 0.25) is 5.02 Å². The summed E-state index contributed by atoms with van der Waals surface area (Å²) in [4.78, 5) is 11.2. The lowest BCUT2D eigenvalue weighted by molar-refractivity contribution is -0.139. The largest absolute Gasteiger partial charge is 0.480 e. The molecule has 17 heavy (non-hydrogen) atoms. The van der Waals surface area contributed by atoms with Crippen LogP contribution in [0.3, 0.4) is 0 Å². The normalized spacial score (nSPS) is 14.4. The average molecular weight is 321 g/mol. The highest BCUT2D eigenvalue weighted by molar-refractivity contribution is 9.10. The first-order valence-corrected chi connectivity index (χ1v) is 6.56. The van der Waals surface area contributed by atoms with Crippen molar-refractivity contribution in [1.29, 1.82) is 0 Å². The number of nitrogens with one attached hydrogen (secondary N) is 1. The molecule has 0 aliphatic carbocycles. The van der Waals surface area contributed by atoms with Crippen molar-refractivity contribution in [2.75, 3.05) is 0 Å². The van der Waals surface area contributed by atoms with Crippen LogP contribution in [0.4, 0.5) is 0 Å². The molecule has 0 amide bonds. The zero-order chi connectivity index (χ0) is 13.0. The van der Waals surface area contributed by atoms with Crippen LogP contribution in [0.25, 0.3) is 0 Å². The van der Waals surface area contributed by atoms with E-state index in [9.17, 15) is 9.90 Å². The topological polar surface area (TPSA) is 49.3 Å². The van der Waals surface area contributed by atoms with Crippen molar-refractivity contribution in [3.05, 3.63) is 33.3 Å². The second kappa shape index (κ2) is 6.38. The number of benzene rings is 1. The molecule has 1 aromatic rings. The molecule has 2 N–H and O–H groups in total. The molecule has 94 valence electrons. The Morgan fingerprint density at radius 3 is 2.71 bits per heavy atom. The Bertz CT molecular complexity index is 411. The third-order valence-electron chi connectivity index (χ3n) is 2.59. The van der Waals surface area contributed by atoms with Gasteiger partial charge in [-0.15, -0.1) is 0 Å². The van der Waals surface area contributed by atoms with E-state index in [0.717, 1.165) is 6.42 Å². The number of rotatable bonds is 5. The van der Waals surface area contributed by atoms with Crippen molar-refractivity contribution < 1.29 is 9.90 Å². The van der Waals surface area contributed by atoms with Gasteiger partial charge in [-0.3, -0.25) is 10.1 Å². The van der Waals surface area contributed by atoms with Gasteiger partial charge in [0.05, 0.1) is 5.02 Å². The minimum absolute atomic E-state index is 0.144. The van der Waals surface area contributed by atoms with E-state index in [2.05, 4.69) is 21.2 Å². The molecule has 0 aliphatic rings. The van der Waals surface area contributed by atoms with Gasteiger partial charge in [-0.2, -0.15) is 0 Å². The van der Waals surface area contributed by atoms with Crippen molar-refractivity contribution >= 4 is 33.5 Å². The van der Waals surface area contributed by atoms with Crippen molar-refractivity contribution in [2.45, 2.75) is 32.4 Å².